The molecule has 4 rings (SSSR count). The highest BCUT2D eigenvalue weighted by Crippen LogP contribution is 2.40. The lowest BCUT2D eigenvalue weighted by molar-refractivity contribution is -0.254. The van der Waals surface area contributed by atoms with Crippen molar-refractivity contribution in [2.45, 2.75) is 88.0 Å². The van der Waals surface area contributed by atoms with Crippen molar-refractivity contribution in [1.29, 1.82) is 0 Å². The van der Waals surface area contributed by atoms with Crippen molar-refractivity contribution in [3.05, 3.63) is 102 Å². The van der Waals surface area contributed by atoms with E-state index in [1.807, 2.05) is 67.6 Å². The Balaban J connectivity index is 1.63. The van der Waals surface area contributed by atoms with Gasteiger partial charge in [-0.1, -0.05) is 99.1 Å². The first-order valence-electron chi connectivity index (χ1n) is 14.5. The van der Waals surface area contributed by atoms with Crippen molar-refractivity contribution in [3.8, 4) is 0 Å². The summed E-state index contributed by atoms with van der Waals surface area (Å²) in [6, 6.07) is 25.5. The van der Waals surface area contributed by atoms with Gasteiger partial charge < -0.3 is 23.7 Å². The first-order chi connectivity index (χ1) is 20.2. The van der Waals surface area contributed by atoms with Crippen molar-refractivity contribution in [2.24, 2.45) is 0 Å². The summed E-state index contributed by atoms with van der Waals surface area (Å²) in [4.78, 5) is -0.0175. The lowest BCUT2D eigenvalue weighted by Gasteiger charge is -2.37. The highest BCUT2D eigenvalue weighted by molar-refractivity contribution is 7.86. The van der Waals surface area contributed by atoms with Gasteiger partial charge in [0.05, 0.1) is 24.7 Å². The summed E-state index contributed by atoms with van der Waals surface area (Å²) in [7, 11) is -6.41. The zero-order valence-electron chi connectivity index (χ0n) is 25.9. The third kappa shape index (κ3) is 8.61. The molecule has 234 valence electrons. The molecule has 3 aromatic rings. The molecule has 0 saturated carbocycles. The Labute approximate surface area is 257 Å². The van der Waals surface area contributed by atoms with E-state index < -0.39 is 49.1 Å². The Hall–Kier alpha value is -2.41. The molecule has 0 unspecified atom stereocenters. The van der Waals surface area contributed by atoms with E-state index in [2.05, 4.69) is 33.9 Å². The standard InChI is InChI=1S/C33H44O8SSi/c1-25-17-19-28(20-18-25)42(35,36)39-24-33(34)31(38-22-27-15-11-8-12-16-27)30(37-21-26-13-9-7-10-14-26)29(41-33)23-40-43(5,6)32(2,3)4/h7-20,29-31,34H,21-24H2,1-6H3/t29-,30-,31+,33+/m1/s1. The van der Waals surface area contributed by atoms with Gasteiger partial charge in [0.15, 0.2) is 8.32 Å². The number of ether oxygens (including phenoxy) is 3. The second kappa shape index (κ2) is 13.7. The van der Waals surface area contributed by atoms with Gasteiger partial charge in [-0.25, -0.2) is 0 Å². The smallest absolute Gasteiger partial charge is 0.297 e. The minimum absolute atomic E-state index is 0.0175. The molecule has 0 spiro atoms. The van der Waals surface area contributed by atoms with Crippen LogP contribution in [0.15, 0.2) is 89.8 Å². The molecule has 10 heteroatoms. The van der Waals surface area contributed by atoms with Crippen molar-refractivity contribution in [3.63, 3.8) is 0 Å². The number of hydrogen-bond donors (Lipinski definition) is 1. The van der Waals surface area contributed by atoms with Crippen molar-refractivity contribution in [2.75, 3.05) is 13.2 Å². The first kappa shape index (κ1) is 33.5. The highest BCUT2D eigenvalue weighted by atomic mass is 32.2. The van der Waals surface area contributed by atoms with Gasteiger partial charge >= 0.3 is 0 Å². The van der Waals surface area contributed by atoms with Gasteiger partial charge in [0.1, 0.15) is 24.9 Å². The molecular formula is C33H44O8SSi. The van der Waals surface area contributed by atoms with E-state index in [-0.39, 0.29) is 29.8 Å². The lowest BCUT2D eigenvalue weighted by atomic mass is 10.0. The fourth-order valence-electron chi connectivity index (χ4n) is 4.48. The number of benzene rings is 3. The van der Waals surface area contributed by atoms with Crippen molar-refractivity contribution >= 4 is 18.4 Å². The third-order valence-electron chi connectivity index (χ3n) is 8.17. The SMILES string of the molecule is Cc1ccc(S(=O)(=O)OC[C@]2(O)O[C@H](CO[Si](C)(C)C(C)(C)C)[C@@H](OCc3ccccc3)[C@@H]2OCc2ccccc2)cc1. The summed E-state index contributed by atoms with van der Waals surface area (Å²) in [5, 5.41) is 11.9. The molecule has 1 fully saturated rings. The van der Waals surface area contributed by atoms with Crippen LogP contribution < -0.4 is 0 Å². The molecule has 0 aliphatic carbocycles. The molecule has 0 radical (unpaired) electrons. The van der Waals surface area contributed by atoms with Crippen LogP contribution in [0.25, 0.3) is 0 Å². The minimum atomic E-state index is -4.20. The Morgan fingerprint density at radius 2 is 1.40 bits per heavy atom. The van der Waals surface area contributed by atoms with E-state index in [1.165, 1.54) is 12.1 Å². The van der Waals surface area contributed by atoms with E-state index in [0.717, 1.165) is 16.7 Å². The number of aryl methyl sites for hydroxylation is 1. The van der Waals surface area contributed by atoms with Crippen LogP contribution in [0.5, 0.6) is 0 Å². The van der Waals surface area contributed by atoms with E-state index in [0.29, 0.717) is 0 Å². The minimum Gasteiger partial charge on any atom is -0.414 e. The lowest BCUT2D eigenvalue weighted by Crippen LogP contribution is -2.49. The molecule has 1 aliphatic rings. The largest absolute Gasteiger partial charge is 0.414 e. The molecule has 0 amide bonds. The van der Waals surface area contributed by atoms with Gasteiger partial charge in [0, 0.05) is 0 Å². The number of aliphatic hydroxyl groups is 1. The monoisotopic (exact) mass is 628 g/mol. The van der Waals surface area contributed by atoms with Gasteiger partial charge in [0.2, 0.25) is 5.79 Å². The Morgan fingerprint density at radius 1 is 0.860 bits per heavy atom. The summed E-state index contributed by atoms with van der Waals surface area (Å²) < 4.78 is 57.0. The number of hydrogen-bond acceptors (Lipinski definition) is 8. The van der Waals surface area contributed by atoms with E-state index >= 15 is 0 Å². The normalized spacial score (nSPS) is 23.0. The van der Waals surface area contributed by atoms with Crippen LogP contribution in [0.2, 0.25) is 18.1 Å². The summed E-state index contributed by atoms with van der Waals surface area (Å²) in [5.74, 6) is -2.14. The predicted molar refractivity (Wildman–Crippen MR) is 167 cm³/mol. The maximum absolute atomic E-state index is 13.1. The Bertz CT molecular complexity index is 1410. The molecule has 8 nitrogen and oxygen atoms in total. The van der Waals surface area contributed by atoms with Crippen molar-refractivity contribution < 1.29 is 36.3 Å². The van der Waals surface area contributed by atoms with Gasteiger partial charge in [0.25, 0.3) is 10.1 Å². The zero-order chi connectivity index (χ0) is 31.3. The number of rotatable bonds is 13. The predicted octanol–water partition coefficient (Wildman–Crippen LogP) is 5.98. The van der Waals surface area contributed by atoms with Crippen molar-refractivity contribution in [1.82, 2.24) is 0 Å². The third-order valence-corrected chi connectivity index (χ3v) is 13.9. The van der Waals surface area contributed by atoms with Gasteiger partial charge in [-0.15, -0.1) is 0 Å². The maximum Gasteiger partial charge on any atom is 0.297 e. The summed E-state index contributed by atoms with van der Waals surface area (Å²) in [6.07, 6.45) is -2.63. The second-order valence-corrected chi connectivity index (χ2v) is 19.0. The second-order valence-electron chi connectivity index (χ2n) is 12.6. The maximum atomic E-state index is 13.1. The van der Waals surface area contributed by atoms with Crippen LogP contribution in [-0.4, -0.2) is 59.2 Å². The van der Waals surface area contributed by atoms with E-state index in [1.54, 1.807) is 12.1 Å². The summed E-state index contributed by atoms with van der Waals surface area (Å²) >= 11 is 0. The molecule has 1 heterocycles. The molecule has 4 atom stereocenters. The van der Waals surface area contributed by atoms with E-state index in [9.17, 15) is 13.5 Å². The van der Waals surface area contributed by atoms with Crippen LogP contribution in [0.1, 0.15) is 37.5 Å². The molecule has 3 aromatic carbocycles. The summed E-state index contributed by atoms with van der Waals surface area (Å²) in [6.45, 7) is 12.4. The quantitative estimate of drug-likeness (QED) is 0.182. The van der Waals surface area contributed by atoms with Crippen LogP contribution in [0, 0.1) is 6.92 Å². The van der Waals surface area contributed by atoms with Gasteiger partial charge in [-0.05, 0) is 48.3 Å². The van der Waals surface area contributed by atoms with E-state index in [4.69, 9.17) is 22.8 Å². The molecule has 1 N–H and O–H groups in total. The molecule has 0 aromatic heterocycles. The highest BCUT2D eigenvalue weighted by Gasteiger charge is 2.57. The van der Waals surface area contributed by atoms with Gasteiger partial charge in [-0.3, -0.25) is 4.18 Å². The first-order valence-corrected chi connectivity index (χ1v) is 18.8. The molecule has 1 aliphatic heterocycles. The summed E-state index contributed by atoms with van der Waals surface area (Å²) in [5.41, 5.74) is 2.72. The Morgan fingerprint density at radius 3 is 1.93 bits per heavy atom. The molecule has 43 heavy (non-hydrogen) atoms. The fourth-order valence-corrected chi connectivity index (χ4v) is 6.43. The average molecular weight is 629 g/mol. The molecular weight excluding hydrogens is 585 g/mol. The van der Waals surface area contributed by atoms with Crippen LogP contribution in [0.4, 0.5) is 0 Å². The van der Waals surface area contributed by atoms with Crippen LogP contribution in [-0.2, 0) is 46.2 Å². The van der Waals surface area contributed by atoms with Crippen LogP contribution >= 0.6 is 0 Å². The molecule has 1 saturated heterocycles. The topological polar surface area (TPSA) is 101 Å². The molecule has 0 bridgehead atoms. The zero-order valence-corrected chi connectivity index (χ0v) is 27.7. The average Bonchev–Trinajstić information content (AvgIpc) is 3.24. The Kier molecular flexibility index (Phi) is 10.7. The van der Waals surface area contributed by atoms with Crippen LogP contribution in [0.3, 0.4) is 0 Å². The van der Waals surface area contributed by atoms with Gasteiger partial charge in [-0.2, -0.15) is 8.42 Å². The fraction of sp³-hybridized carbons (Fsp3) is 0.455.